The second-order valence-corrected chi connectivity index (χ2v) is 4.69. The van der Waals surface area contributed by atoms with Gasteiger partial charge in [0.2, 0.25) is 0 Å². The molecule has 19 heavy (non-hydrogen) atoms. The third-order valence-electron chi connectivity index (χ3n) is 2.49. The first-order valence-electron chi connectivity index (χ1n) is 6.40. The molecule has 0 atom stereocenters. The van der Waals surface area contributed by atoms with Crippen molar-refractivity contribution >= 4 is 23.4 Å². The SMILES string of the molecule is CCCN(CC(=O)OCC)C(=O)c1snnc1CC. The summed E-state index contributed by atoms with van der Waals surface area (Å²) in [5, 5.41) is 3.92. The number of ether oxygens (including phenoxy) is 1. The standard InChI is InChI=1S/C12H19N3O3S/c1-4-7-15(8-10(16)18-6-3)12(17)11-9(5-2)13-14-19-11/h4-8H2,1-3H3. The summed E-state index contributed by atoms with van der Waals surface area (Å²) in [5.74, 6) is -0.582. The molecule has 7 heteroatoms. The van der Waals surface area contributed by atoms with Crippen molar-refractivity contribution in [1.82, 2.24) is 14.5 Å². The zero-order chi connectivity index (χ0) is 14.3. The van der Waals surface area contributed by atoms with E-state index < -0.39 is 0 Å². The van der Waals surface area contributed by atoms with Gasteiger partial charge in [0.15, 0.2) is 0 Å². The molecule has 1 aromatic heterocycles. The highest BCUT2D eigenvalue weighted by Gasteiger charge is 2.23. The van der Waals surface area contributed by atoms with Gasteiger partial charge in [0.1, 0.15) is 11.4 Å². The number of carbonyl (C=O) groups is 2. The number of rotatable bonds is 7. The van der Waals surface area contributed by atoms with E-state index in [2.05, 4.69) is 9.59 Å². The van der Waals surface area contributed by atoms with E-state index in [9.17, 15) is 9.59 Å². The summed E-state index contributed by atoms with van der Waals surface area (Å²) in [6, 6.07) is 0. The van der Waals surface area contributed by atoms with Gasteiger partial charge in [0.25, 0.3) is 5.91 Å². The fourth-order valence-corrected chi connectivity index (χ4v) is 2.35. The highest BCUT2D eigenvalue weighted by atomic mass is 32.1. The van der Waals surface area contributed by atoms with E-state index in [0.29, 0.717) is 30.1 Å². The molecular weight excluding hydrogens is 266 g/mol. The average Bonchev–Trinajstić information content (AvgIpc) is 2.86. The van der Waals surface area contributed by atoms with Gasteiger partial charge in [-0.05, 0) is 31.3 Å². The molecule has 0 aliphatic rings. The molecule has 6 nitrogen and oxygen atoms in total. The monoisotopic (exact) mass is 285 g/mol. The lowest BCUT2D eigenvalue weighted by Gasteiger charge is -2.20. The van der Waals surface area contributed by atoms with Crippen LogP contribution in [0.15, 0.2) is 0 Å². The van der Waals surface area contributed by atoms with E-state index in [-0.39, 0.29) is 18.4 Å². The average molecular weight is 285 g/mol. The van der Waals surface area contributed by atoms with E-state index >= 15 is 0 Å². The number of carbonyl (C=O) groups excluding carboxylic acids is 2. The highest BCUT2D eigenvalue weighted by molar-refractivity contribution is 7.08. The molecule has 0 unspecified atom stereocenters. The van der Waals surface area contributed by atoms with Gasteiger partial charge >= 0.3 is 5.97 Å². The Morgan fingerprint density at radius 3 is 2.63 bits per heavy atom. The van der Waals surface area contributed by atoms with Gasteiger partial charge in [-0.25, -0.2) is 0 Å². The summed E-state index contributed by atoms with van der Waals surface area (Å²) in [6.07, 6.45) is 1.43. The zero-order valence-corrected chi connectivity index (χ0v) is 12.3. The first kappa shape index (κ1) is 15.6. The third kappa shape index (κ3) is 4.27. The summed E-state index contributed by atoms with van der Waals surface area (Å²) in [4.78, 5) is 25.9. The van der Waals surface area contributed by atoms with Crippen molar-refractivity contribution in [3.63, 3.8) is 0 Å². The van der Waals surface area contributed by atoms with Crippen LogP contribution in [-0.2, 0) is 16.0 Å². The van der Waals surface area contributed by atoms with Gasteiger partial charge in [-0.3, -0.25) is 9.59 Å². The molecule has 1 aromatic rings. The molecule has 0 radical (unpaired) electrons. The van der Waals surface area contributed by atoms with Crippen LogP contribution in [0.2, 0.25) is 0 Å². The lowest BCUT2D eigenvalue weighted by Crippen LogP contribution is -2.37. The van der Waals surface area contributed by atoms with E-state index in [1.54, 1.807) is 6.92 Å². The minimum absolute atomic E-state index is 0.0262. The Morgan fingerprint density at radius 2 is 2.05 bits per heavy atom. The van der Waals surface area contributed by atoms with Gasteiger partial charge < -0.3 is 9.64 Å². The van der Waals surface area contributed by atoms with Crippen LogP contribution in [0.25, 0.3) is 0 Å². The highest BCUT2D eigenvalue weighted by Crippen LogP contribution is 2.14. The molecule has 0 saturated heterocycles. The molecule has 106 valence electrons. The summed E-state index contributed by atoms with van der Waals surface area (Å²) in [6.45, 7) is 6.42. The fourth-order valence-electron chi connectivity index (χ4n) is 1.63. The predicted octanol–water partition coefficient (Wildman–Crippen LogP) is 1.52. The lowest BCUT2D eigenvalue weighted by atomic mass is 10.2. The molecule has 0 aliphatic heterocycles. The minimum Gasteiger partial charge on any atom is -0.465 e. The normalized spacial score (nSPS) is 10.3. The van der Waals surface area contributed by atoms with Crippen LogP contribution in [0.3, 0.4) is 0 Å². The number of hydrogen-bond donors (Lipinski definition) is 0. The van der Waals surface area contributed by atoms with E-state index in [4.69, 9.17) is 4.74 Å². The van der Waals surface area contributed by atoms with Gasteiger partial charge in [0, 0.05) is 6.54 Å². The lowest BCUT2D eigenvalue weighted by molar-refractivity contribution is -0.143. The number of aromatic nitrogens is 2. The molecule has 0 aromatic carbocycles. The van der Waals surface area contributed by atoms with Crippen molar-refractivity contribution in [3.8, 4) is 0 Å². The first-order chi connectivity index (χ1) is 9.13. The molecule has 1 heterocycles. The zero-order valence-electron chi connectivity index (χ0n) is 11.5. The van der Waals surface area contributed by atoms with Crippen molar-refractivity contribution in [1.29, 1.82) is 0 Å². The predicted molar refractivity (Wildman–Crippen MR) is 72.1 cm³/mol. The Bertz CT molecular complexity index is 434. The van der Waals surface area contributed by atoms with Crippen molar-refractivity contribution < 1.29 is 14.3 Å². The Labute approximate surface area is 116 Å². The van der Waals surface area contributed by atoms with Crippen molar-refractivity contribution in [2.45, 2.75) is 33.6 Å². The summed E-state index contributed by atoms with van der Waals surface area (Å²) in [7, 11) is 0. The van der Waals surface area contributed by atoms with Gasteiger partial charge in [-0.2, -0.15) is 0 Å². The van der Waals surface area contributed by atoms with Crippen LogP contribution in [0.1, 0.15) is 42.6 Å². The first-order valence-corrected chi connectivity index (χ1v) is 7.17. The summed E-state index contributed by atoms with van der Waals surface area (Å²) >= 11 is 1.07. The number of aryl methyl sites for hydroxylation is 1. The molecule has 0 saturated carbocycles. The Morgan fingerprint density at radius 1 is 1.32 bits per heavy atom. The van der Waals surface area contributed by atoms with Gasteiger partial charge in [-0.1, -0.05) is 18.3 Å². The second kappa shape index (κ2) is 7.83. The maximum absolute atomic E-state index is 12.4. The van der Waals surface area contributed by atoms with Crippen LogP contribution in [0.5, 0.6) is 0 Å². The van der Waals surface area contributed by atoms with Crippen molar-refractivity contribution in [2.75, 3.05) is 19.7 Å². The van der Waals surface area contributed by atoms with E-state index in [1.165, 1.54) is 4.90 Å². The summed E-state index contributed by atoms with van der Waals surface area (Å²) in [5.41, 5.74) is 0.681. The molecule has 1 rings (SSSR count). The molecule has 0 aliphatic carbocycles. The largest absolute Gasteiger partial charge is 0.465 e. The summed E-state index contributed by atoms with van der Waals surface area (Å²) < 4.78 is 8.68. The smallest absolute Gasteiger partial charge is 0.325 e. The molecule has 0 spiro atoms. The Kier molecular flexibility index (Phi) is 6.41. The fraction of sp³-hybridized carbons (Fsp3) is 0.667. The molecule has 0 N–H and O–H groups in total. The number of hydrogen-bond acceptors (Lipinski definition) is 6. The van der Waals surface area contributed by atoms with E-state index in [0.717, 1.165) is 18.0 Å². The van der Waals surface area contributed by atoms with Crippen LogP contribution in [0, 0.1) is 0 Å². The number of amides is 1. The topological polar surface area (TPSA) is 72.4 Å². The van der Waals surface area contributed by atoms with Gasteiger partial charge in [0.05, 0.1) is 12.3 Å². The maximum Gasteiger partial charge on any atom is 0.325 e. The number of esters is 1. The molecule has 1 amide bonds. The van der Waals surface area contributed by atoms with Gasteiger partial charge in [-0.15, -0.1) is 5.10 Å². The van der Waals surface area contributed by atoms with Crippen LogP contribution >= 0.6 is 11.5 Å². The molecule has 0 bridgehead atoms. The number of nitrogens with zero attached hydrogens (tertiary/aromatic N) is 3. The minimum atomic E-state index is -0.389. The Hall–Kier alpha value is -1.50. The Balaban J connectivity index is 2.80. The second-order valence-electron chi connectivity index (χ2n) is 3.93. The van der Waals surface area contributed by atoms with Crippen molar-refractivity contribution in [2.24, 2.45) is 0 Å². The van der Waals surface area contributed by atoms with Crippen LogP contribution < -0.4 is 0 Å². The van der Waals surface area contributed by atoms with E-state index in [1.807, 2.05) is 13.8 Å². The maximum atomic E-state index is 12.4. The quantitative estimate of drug-likeness (QED) is 0.710. The third-order valence-corrected chi connectivity index (χ3v) is 3.25. The molecule has 0 fully saturated rings. The van der Waals surface area contributed by atoms with Crippen LogP contribution in [0.4, 0.5) is 0 Å². The van der Waals surface area contributed by atoms with Crippen molar-refractivity contribution in [3.05, 3.63) is 10.6 Å². The molecular formula is C12H19N3O3S. The van der Waals surface area contributed by atoms with Crippen LogP contribution in [-0.4, -0.2) is 46.1 Å².